The molecule has 1 saturated carbocycles. The largest absolute Gasteiger partial charge is 0.338 e. The third kappa shape index (κ3) is 3.37. The van der Waals surface area contributed by atoms with E-state index in [0.29, 0.717) is 6.04 Å². The maximum absolute atomic E-state index is 6.01. The first-order valence-electron chi connectivity index (χ1n) is 8.61. The number of anilines is 1. The Bertz CT molecular complexity index is 443. The van der Waals surface area contributed by atoms with Gasteiger partial charge in [0.25, 0.3) is 0 Å². The van der Waals surface area contributed by atoms with E-state index in [2.05, 4.69) is 21.8 Å². The first-order valence-corrected chi connectivity index (χ1v) is 8.61. The number of hydrogen-bond donors (Lipinski definition) is 1. The van der Waals surface area contributed by atoms with Crippen molar-refractivity contribution in [2.45, 2.75) is 70.4 Å². The molecule has 3 rings (SSSR count). The standard InChI is InChI=1S/C17H28N4/c1-2-15(18)10-13-11-19-17(20-12-13)21-9-5-7-14-6-3-4-8-16(14)21/h11-12,14-16H,2-10,18H2,1H3. The third-order valence-corrected chi connectivity index (χ3v) is 5.21. The van der Waals surface area contributed by atoms with E-state index in [1.54, 1.807) is 0 Å². The smallest absolute Gasteiger partial charge is 0.225 e. The summed E-state index contributed by atoms with van der Waals surface area (Å²) in [6.45, 7) is 3.24. The molecule has 0 radical (unpaired) electrons. The van der Waals surface area contributed by atoms with Gasteiger partial charge >= 0.3 is 0 Å². The van der Waals surface area contributed by atoms with Crippen LogP contribution in [0.1, 0.15) is 57.4 Å². The van der Waals surface area contributed by atoms with Crippen LogP contribution in [-0.4, -0.2) is 28.6 Å². The fourth-order valence-electron chi connectivity index (χ4n) is 3.92. The van der Waals surface area contributed by atoms with Crippen LogP contribution in [0.3, 0.4) is 0 Å². The minimum atomic E-state index is 0.220. The molecule has 2 fully saturated rings. The Morgan fingerprint density at radius 1 is 1.19 bits per heavy atom. The summed E-state index contributed by atoms with van der Waals surface area (Å²) in [4.78, 5) is 11.7. The van der Waals surface area contributed by atoms with Crippen molar-refractivity contribution >= 4 is 5.95 Å². The van der Waals surface area contributed by atoms with Crippen LogP contribution in [-0.2, 0) is 6.42 Å². The Morgan fingerprint density at radius 3 is 2.67 bits per heavy atom. The van der Waals surface area contributed by atoms with Gasteiger partial charge in [0.2, 0.25) is 5.95 Å². The topological polar surface area (TPSA) is 55.0 Å². The molecule has 0 aromatic carbocycles. The van der Waals surface area contributed by atoms with Crippen molar-refractivity contribution in [1.82, 2.24) is 9.97 Å². The van der Waals surface area contributed by atoms with Crippen LogP contribution < -0.4 is 10.6 Å². The van der Waals surface area contributed by atoms with E-state index in [4.69, 9.17) is 5.73 Å². The predicted octanol–water partition coefficient (Wildman–Crippen LogP) is 2.92. The van der Waals surface area contributed by atoms with E-state index >= 15 is 0 Å². The van der Waals surface area contributed by atoms with Crippen molar-refractivity contribution < 1.29 is 0 Å². The lowest BCUT2D eigenvalue weighted by Crippen LogP contribution is -2.47. The summed E-state index contributed by atoms with van der Waals surface area (Å²) in [5.74, 6) is 1.80. The lowest BCUT2D eigenvalue weighted by molar-refractivity contribution is 0.241. The van der Waals surface area contributed by atoms with Crippen LogP contribution in [0.25, 0.3) is 0 Å². The zero-order valence-electron chi connectivity index (χ0n) is 13.2. The van der Waals surface area contributed by atoms with Crippen molar-refractivity contribution in [3.63, 3.8) is 0 Å². The van der Waals surface area contributed by atoms with E-state index in [1.807, 2.05) is 12.4 Å². The van der Waals surface area contributed by atoms with Gasteiger partial charge in [0.05, 0.1) is 0 Å². The lowest BCUT2D eigenvalue weighted by Gasteiger charge is -2.44. The summed E-state index contributed by atoms with van der Waals surface area (Å²) in [6.07, 6.45) is 14.0. The van der Waals surface area contributed by atoms with Gasteiger partial charge in [-0.3, -0.25) is 0 Å². The summed E-state index contributed by atoms with van der Waals surface area (Å²) < 4.78 is 0. The van der Waals surface area contributed by atoms with E-state index < -0.39 is 0 Å². The van der Waals surface area contributed by atoms with Gasteiger partial charge in [0.1, 0.15) is 0 Å². The van der Waals surface area contributed by atoms with Crippen molar-refractivity contribution in [3.05, 3.63) is 18.0 Å². The number of nitrogens with zero attached hydrogens (tertiary/aromatic N) is 3. The fourth-order valence-corrected chi connectivity index (χ4v) is 3.92. The molecule has 2 heterocycles. The Morgan fingerprint density at radius 2 is 1.90 bits per heavy atom. The van der Waals surface area contributed by atoms with E-state index in [1.165, 1.54) is 38.5 Å². The molecule has 0 amide bonds. The molecule has 116 valence electrons. The summed E-state index contributed by atoms with van der Waals surface area (Å²) in [7, 11) is 0. The number of nitrogens with two attached hydrogens (primary N) is 1. The molecule has 3 unspecified atom stereocenters. The molecule has 1 aliphatic heterocycles. The lowest BCUT2D eigenvalue weighted by atomic mass is 9.78. The fraction of sp³-hybridized carbons (Fsp3) is 0.765. The van der Waals surface area contributed by atoms with Gasteiger partial charge in [-0.05, 0) is 50.0 Å². The Kier molecular flexibility index (Phi) is 4.73. The van der Waals surface area contributed by atoms with Crippen LogP contribution in [0.5, 0.6) is 0 Å². The summed E-state index contributed by atoms with van der Waals surface area (Å²) in [5, 5.41) is 0. The number of hydrogen-bond acceptors (Lipinski definition) is 4. The molecule has 0 bridgehead atoms. The van der Waals surface area contributed by atoms with Crippen LogP contribution in [0, 0.1) is 5.92 Å². The highest BCUT2D eigenvalue weighted by Gasteiger charge is 2.34. The van der Waals surface area contributed by atoms with Gasteiger partial charge in [-0.1, -0.05) is 19.8 Å². The second-order valence-corrected chi connectivity index (χ2v) is 6.71. The zero-order valence-corrected chi connectivity index (χ0v) is 13.2. The normalized spacial score (nSPS) is 27.2. The van der Waals surface area contributed by atoms with Crippen molar-refractivity contribution in [1.29, 1.82) is 0 Å². The molecular formula is C17H28N4. The highest BCUT2D eigenvalue weighted by molar-refractivity contribution is 5.33. The van der Waals surface area contributed by atoms with Crippen molar-refractivity contribution in [2.24, 2.45) is 11.7 Å². The van der Waals surface area contributed by atoms with E-state index in [0.717, 1.165) is 36.8 Å². The maximum atomic E-state index is 6.01. The van der Waals surface area contributed by atoms with Gasteiger partial charge in [0, 0.05) is 31.0 Å². The molecule has 0 spiro atoms. The molecule has 2 aliphatic rings. The van der Waals surface area contributed by atoms with E-state index in [9.17, 15) is 0 Å². The maximum Gasteiger partial charge on any atom is 0.225 e. The Labute approximate surface area is 128 Å². The molecular weight excluding hydrogens is 260 g/mol. The average Bonchev–Trinajstić information content (AvgIpc) is 2.55. The molecule has 1 aromatic heterocycles. The molecule has 2 N–H and O–H groups in total. The Hall–Kier alpha value is -1.16. The third-order valence-electron chi connectivity index (χ3n) is 5.21. The monoisotopic (exact) mass is 288 g/mol. The van der Waals surface area contributed by atoms with Gasteiger partial charge in [-0.2, -0.15) is 0 Å². The molecule has 1 aromatic rings. The summed E-state index contributed by atoms with van der Waals surface area (Å²) >= 11 is 0. The van der Waals surface area contributed by atoms with Gasteiger partial charge in [-0.25, -0.2) is 9.97 Å². The molecule has 3 atom stereocenters. The number of aromatic nitrogens is 2. The van der Waals surface area contributed by atoms with Crippen molar-refractivity contribution in [3.8, 4) is 0 Å². The first-order chi connectivity index (χ1) is 10.3. The molecule has 21 heavy (non-hydrogen) atoms. The van der Waals surface area contributed by atoms with Crippen LogP contribution in [0.15, 0.2) is 12.4 Å². The number of piperidine rings is 1. The van der Waals surface area contributed by atoms with Crippen LogP contribution in [0.2, 0.25) is 0 Å². The molecule has 4 heteroatoms. The quantitative estimate of drug-likeness (QED) is 0.925. The number of rotatable bonds is 4. The SMILES string of the molecule is CCC(N)Cc1cnc(N2CCCC3CCCCC32)nc1. The van der Waals surface area contributed by atoms with Crippen LogP contribution >= 0.6 is 0 Å². The summed E-state index contributed by atoms with van der Waals surface area (Å²) in [5.41, 5.74) is 7.16. The Balaban J connectivity index is 1.70. The van der Waals surface area contributed by atoms with Crippen LogP contribution in [0.4, 0.5) is 5.95 Å². The average molecular weight is 288 g/mol. The van der Waals surface area contributed by atoms with Crippen molar-refractivity contribution in [2.75, 3.05) is 11.4 Å². The molecule has 1 saturated heterocycles. The predicted molar refractivity (Wildman–Crippen MR) is 86.3 cm³/mol. The minimum Gasteiger partial charge on any atom is -0.338 e. The zero-order chi connectivity index (χ0) is 14.7. The first kappa shape index (κ1) is 14.8. The highest BCUT2D eigenvalue weighted by Crippen LogP contribution is 2.36. The number of fused-ring (bicyclic) bond motifs is 1. The summed E-state index contributed by atoms with van der Waals surface area (Å²) in [6, 6.07) is 0.897. The second kappa shape index (κ2) is 6.73. The van der Waals surface area contributed by atoms with Gasteiger partial charge < -0.3 is 10.6 Å². The minimum absolute atomic E-state index is 0.220. The van der Waals surface area contributed by atoms with E-state index in [-0.39, 0.29) is 6.04 Å². The second-order valence-electron chi connectivity index (χ2n) is 6.71. The highest BCUT2D eigenvalue weighted by atomic mass is 15.3. The molecule has 4 nitrogen and oxygen atoms in total. The molecule has 1 aliphatic carbocycles. The van der Waals surface area contributed by atoms with Gasteiger partial charge in [0.15, 0.2) is 0 Å². The van der Waals surface area contributed by atoms with Gasteiger partial charge in [-0.15, -0.1) is 0 Å².